The van der Waals surface area contributed by atoms with E-state index in [1.165, 1.54) is 12.1 Å². The van der Waals surface area contributed by atoms with Gasteiger partial charge in [0.15, 0.2) is 0 Å². The topological polar surface area (TPSA) is 110 Å². The third kappa shape index (κ3) is 3.27. The van der Waals surface area contributed by atoms with E-state index in [4.69, 9.17) is 0 Å². The van der Waals surface area contributed by atoms with E-state index in [-0.39, 0.29) is 30.6 Å². The molecule has 1 aliphatic rings. The molecule has 1 saturated carbocycles. The van der Waals surface area contributed by atoms with Crippen molar-refractivity contribution in [1.29, 1.82) is 0 Å². The van der Waals surface area contributed by atoms with Crippen molar-refractivity contribution in [3.8, 4) is 0 Å². The molecule has 0 heterocycles. The zero-order chi connectivity index (χ0) is 15.4. The van der Waals surface area contributed by atoms with Gasteiger partial charge in [-0.15, -0.1) is 0 Å². The first-order valence-corrected chi connectivity index (χ1v) is 6.85. The van der Waals surface area contributed by atoms with E-state index in [2.05, 4.69) is 0 Å². The van der Waals surface area contributed by atoms with Crippen LogP contribution in [0.15, 0.2) is 18.2 Å². The fourth-order valence-electron chi connectivity index (χ4n) is 2.84. The highest BCUT2D eigenvalue weighted by Gasteiger charge is 2.29. The SMILES string of the molecule is O=[N+]([O-])c1ccc(N(CCO)C2CCCC2)c([N+](=O)[O-])c1. The van der Waals surface area contributed by atoms with Crippen LogP contribution in [0.2, 0.25) is 0 Å². The summed E-state index contributed by atoms with van der Waals surface area (Å²) in [6, 6.07) is 3.79. The number of hydrogen-bond donors (Lipinski definition) is 1. The van der Waals surface area contributed by atoms with Crippen LogP contribution in [0.4, 0.5) is 17.1 Å². The van der Waals surface area contributed by atoms with E-state index in [9.17, 15) is 25.3 Å². The van der Waals surface area contributed by atoms with E-state index in [0.717, 1.165) is 31.7 Å². The molecule has 8 heteroatoms. The average Bonchev–Trinajstić information content (AvgIpc) is 2.98. The normalized spacial score (nSPS) is 15.1. The summed E-state index contributed by atoms with van der Waals surface area (Å²) >= 11 is 0. The van der Waals surface area contributed by atoms with Crippen LogP contribution in [0.5, 0.6) is 0 Å². The number of hydrogen-bond acceptors (Lipinski definition) is 6. The minimum atomic E-state index is -0.650. The molecule has 1 fully saturated rings. The van der Waals surface area contributed by atoms with E-state index in [0.29, 0.717) is 5.69 Å². The first kappa shape index (κ1) is 15.2. The third-order valence-electron chi connectivity index (χ3n) is 3.78. The number of nitrogens with zero attached hydrogens (tertiary/aromatic N) is 3. The second-order valence-corrected chi connectivity index (χ2v) is 5.04. The van der Waals surface area contributed by atoms with Gasteiger partial charge in [-0.25, -0.2) is 0 Å². The molecule has 1 aromatic carbocycles. The number of anilines is 1. The highest BCUT2D eigenvalue weighted by atomic mass is 16.6. The summed E-state index contributed by atoms with van der Waals surface area (Å²) in [7, 11) is 0. The van der Waals surface area contributed by atoms with Gasteiger partial charge < -0.3 is 10.0 Å². The lowest BCUT2D eigenvalue weighted by molar-refractivity contribution is -0.393. The maximum atomic E-state index is 11.2. The van der Waals surface area contributed by atoms with Crippen molar-refractivity contribution in [2.75, 3.05) is 18.1 Å². The van der Waals surface area contributed by atoms with Gasteiger partial charge in [-0.1, -0.05) is 12.8 Å². The monoisotopic (exact) mass is 295 g/mol. The maximum Gasteiger partial charge on any atom is 0.299 e. The van der Waals surface area contributed by atoms with Crippen molar-refractivity contribution in [2.24, 2.45) is 0 Å². The molecule has 114 valence electrons. The van der Waals surface area contributed by atoms with Gasteiger partial charge in [0.1, 0.15) is 5.69 Å². The molecule has 21 heavy (non-hydrogen) atoms. The van der Waals surface area contributed by atoms with Crippen LogP contribution in [0, 0.1) is 20.2 Å². The molecule has 0 bridgehead atoms. The highest BCUT2D eigenvalue weighted by Crippen LogP contribution is 2.36. The Kier molecular flexibility index (Phi) is 4.69. The number of nitro groups is 2. The van der Waals surface area contributed by atoms with Crippen LogP contribution in [0.3, 0.4) is 0 Å². The standard InChI is InChI=1S/C13H17N3O5/c17-8-7-14(10-3-1-2-4-10)12-6-5-11(15(18)19)9-13(12)16(20)21/h5-6,9-10,17H,1-4,7-8H2. The van der Waals surface area contributed by atoms with Crippen LogP contribution in [0.25, 0.3) is 0 Å². The molecule has 8 nitrogen and oxygen atoms in total. The molecular weight excluding hydrogens is 278 g/mol. The Labute approximate surface area is 121 Å². The number of non-ortho nitro benzene ring substituents is 1. The Morgan fingerprint density at radius 2 is 1.86 bits per heavy atom. The minimum Gasteiger partial charge on any atom is -0.395 e. The summed E-state index contributed by atoms with van der Waals surface area (Å²) < 4.78 is 0. The smallest absolute Gasteiger partial charge is 0.299 e. The number of nitro benzene ring substituents is 2. The average molecular weight is 295 g/mol. The third-order valence-corrected chi connectivity index (χ3v) is 3.78. The van der Waals surface area contributed by atoms with E-state index >= 15 is 0 Å². The number of benzene rings is 1. The van der Waals surface area contributed by atoms with Crippen LogP contribution in [-0.4, -0.2) is 34.1 Å². The van der Waals surface area contributed by atoms with Gasteiger partial charge in [0, 0.05) is 18.7 Å². The lowest BCUT2D eigenvalue weighted by Gasteiger charge is -2.30. The minimum absolute atomic E-state index is 0.120. The summed E-state index contributed by atoms with van der Waals surface area (Å²) in [4.78, 5) is 22.5. The van der Waals surface area contributed by atoms with E-state index in [1.54, 1.807) is 4.90 Å². The van der Waals surface area contributed by atoms with E-state index in [1.807, 2.05) is 0 Å². The van der Waals surface area contributed by atoms with Crippen LogP contribution in [0.1, 0.15) is 25.7 Å². The Balaban J connectivity index is 2.43. The molecule has 1 aliphatic carbocycles. The molecule has 1 N–H and O–H groups in total. The summed E-state index contributed by atoms with van der Waals surface area (Å²) in [6.45, 7) is 0.161. The lowest BCUT2D eigenvalue weighted by Crippen LogP contribution is -2.36. The molecule has 0 unspecified atom stereocenters. The quantitative estimate of drug-likeness (QED) is 0.636. The molecule has 0 atom stereocenters. The fraction of sp³-hybridized carbons (Fsp3) is 0.538. The number of aliphatic hydroxyl groups is 1. The van der Waals surface area contributed by atoms with Gasteiger partial charge in [-0.05, 0) is 18.9 Å². The van der Waals surface area contributed by atoms with Gasteiger partial charge in [-0.2, -0.15) is 0 Å². The van der Waals surface area contributed by atoms with Crippen molar-refractivity contribution in [3.05, 3.63) is 38.4 Å². The van der Waals surface area contributed by atoms with Gasteiger partial charge in [0.25, 0.3) is 11.4 Å². The second-order valence-electron chi connectivity index (χ2n) is 5.04. The van der Waals surface area contributed by atoms with Crippen LogP contribution in [-0.2, 0) is 0 Å². The predicted molar refractivity (Wildman–Crippen MR) is 76.4 cm³/mol. The summed E-state index contributed by atoms with van der Waals surface area (Å²) in [6.07, 6.45) is 3.92. The molecule has 0 aliphatic heterocycles. The molecule has 0 radical (unpaired) electrons. The zero-order valence-electron chi connectivity index (χ0n) is 11.5. The van der Waals surface area contributed by atoms with E-state index < -0.39 is 9.85 Å². The molecule has 0 saturated heterocycles. The summed E-state index contributed by atoms with van der Waals surface area (Å²) in [5.74, 6) is 0. The molecule has 2 rings (SSSR count). The fourth-order valence-corrected chi connectivity index (χ4v) is 2.84. The first-order valence-electron chi connectivity index (χ1n) is 6.85. The summed E-state index contributed by atoms with van der Waals surface area (Å²) in [5.41, 5.74) is -0.253. The Morgan fingerprint density at radius 3 is 2.38 bits per heavy atom. The van der Waals surface area contributed by atoms with Gasteiger partial charge in [-0.3, -0.25) is 20.2 Å². The Hall–Kier alpha value is -2.22. The lowest BCUT2D eigenvalue weighted by atomic mass is 10.1. The highest BCUT2D eigenvalue weighted by molar-refractivity contribution is 5.67. The van der Waals surface area contributed by atoms with Crippen molar-refractivity contribution in [2.45, 2.75) is 31.7 Å². The number of rotatable bonds is 6. The van der Waals surface area contributed by atoms with Crippen LogP contribution < -0.4 is 4.90 Å². The first-order chi connectivity index (χ1) is 10.0. The van der Waals surface area contributed by atoms with Gasteiger partial charge in [0.2, 0.25) is 0 Å². The number of aliphatic hydroxyl groups excluding tert-OH is 1. The predicted octanol–water partition coefficient (Wildman–Crippen LogP) is 2.24. The Morgan fingerprint density at radius 1 is 1.19 bits per heavy atom. The van der Waals surface area contributed by atoms with Crippen molar-refractivity contribution in [3.63, 3.8) is 0 Å². The maximum absolute atomic E-state index is 11.2. The molecule has 0 spiro atoms. The van der Waals surface area contributed by atoms with Crippen molar-refractivity contribution in [1.82, 2.24) is 0 Å². The van der Waals surface area contributed by atoms with Gasteiger partial charge >= 0.3 is 0 Å². The second kappa shape index (κ2) is 6.49. The zero-order valence-corrected chi connectivity index (χ0v) is 11.5. The van der Waals surface area contributed by atoms with Crippen LogP contribution >= 0.6 is 0 Å². The Bertz CT molecular complexity index is 543. The molecule has 0 aromatic heterocycles. The molecule has 1 aromatic rings. The van der Waals surface area contributed by atoms with Gasteiger partial charge in [0.05, 0.1) is 22.5 Å². The van der Waals surface area contributed by atoms with Crippen molar-refractivity contribution < 1.29 is 15.0 Å². The summed E-state index contributed by atoms with van der Waals surface area (Å²) in [5, 5.41) is 31.2. The largest absolute Gasteiger partial charge is 0.395 e. The van der Waals surface area contributed by atoms with Crippen molar-refractivity contribution >= 4 is 17.1 Å². The molecular formula is C13H17N3O5. The molecule has 0 amide bonds.